The fourth-order valence-electron chi connectivity index (χ4n) is 2.64. The first-order valence-electron chi connectivity index (χ1n) is 8.15. The number of ether oxygens (including phenoxy) is 3. The largest absolute Gasteiger partial charge is 0.494 e. The molecule has 0 bridgehead atoms. The zero-order valence-electron chi connectivity index (χ0n) is 14.5. The lowest BCUT2D eigenvalue weighted by Gasteiger charge is -2.26. The van der Waals surface area contributed by atoms with E-state index >= 15 is 0 Å². The molecule has 1 aliphatic rings. The monoisotopic (exact) mass is 321 g/mol. The van der Waals surface area contributed by atoms with E-state index in [1.807, 2.05) is 36.1 Å². The van der Waals surface area contributed by atoms with Gasteiger partial charge in [0.05, 0.1) is 13.2 Å². The molecule has 5 heteroatoms. The molecule has 0 heterocycles. The molecule has 0 aliphatic heterocycles. The molecular formula is C18H27NO4. The molecule has 1 amide bonds. The highest BCUT2D eigenvalue weighted by molar-refractivity contribution is 5.81. The van der Waals surface area contributed by atoms with Gasteiger partial charge in [0.1, 0.15) is 5.75 Å². The Morgan fingerprint density at radius 2 is 1.87 bits per heavy atom. The molecule has 1 saturated carbocycles. The molecule has 1 aliphatic carbocycles. The van der Waals surface area contributed by atoms with Gasteiger partial charge in [-0.3, -0.25) is 4.79 Å². The molecule has 0 saturated heterocycles. The zero-order valence-corrected chi connectivity index (χ0v) is 14.5. The van der Waals surface area contributed by atoms with Gasteiger partial charge >= 0.3 is 0 Å². The van der Waals surface area contributed by atoms with Crippen LogP contribution in [0.4, 0.5) is 0 Å². The third-order valence-electron chi connectivity index (χ3n) is 4.24. The SMILES string of the molecule is CCOc1ccc(CN(CC(OC)OC)C(=O)C2CC2C)cc1. The summed E-state index contributed by atoms with van der Waals surface area (Å²) in [6, 6.07) is 7.86. The maximum absolute atomic E-state index is 12.6. The summed E-state index contributed by atoms with van der Waals surface area (Å²) in [5.74, 6) is 1.66. The van der Waals surface area contributed by atoms with Crippen molar-refractivity contribution in [1.82, 2.24) is 4.90 Å². The Bertz CT molecular complexity index is 498. The average molecular weight is 321 g/mol. The molecule has 0 radical (unpaired) electrons. The van der Waals surface area contributed by atoms with Crippen molar-refractivity contribution >= 4 is 5.91 Å². The molecule has 2 atom stereocenters. The molecule has 0 N–H and O–H groups in total. The summed E-state index contributed by atoms with van der Waals surface area (Å²) in [5.41, 5.74) is 1.07. The van der Waals surface area contributed by atoms with Crippen LogP contribution in [0, 0.1) is 11.8 Å². The highest BCUT2D eigenvalue weighted by Gasteiger charge is 2.41. The van der Waals surface area contributed by atoms with E-state index in [2.05, 4.69) is 6.92 Å². The van der Waals surface area contributed by atoms with Gasteiger partial charge in [-0.15, -0.1) is 0 Å². The Morgan fingerprint density at radius 3 is 2.35 bits per heavy atom. The van der Waals surface area contributed by atoms with Gasteiger partial charge in [0.2, 0.25) is 5.91 Å². The van der Waals surface area contributed by atoms with Gasteiger partial charge in [-0.25, -0.2) is 0 Å². The van der Waals surface area contributed by atoms with Crippen molar-refractivity contribution in [3.05, 3.63) is 29.8 Å². The van der Waals surface area contributed by atoms with Crippen molar-refractivity contribution in [2.45, 2.75) is 33.1 Å². The first-order valence-corrected chi connectivity index (χ1v) is 8.15. The molecule has 5 nitrogen and oxygen atoms in total. The second kappa shape index (κ2) is 8.31. The molecule has 1 aromatic rings. The van der Waals surface area contributed by atoms with Crippen LogP contribution >= 0.6 is 0 Å². The molecule has 0 spiro atoms. The fraction of sp³-hybridized carbons (Fsp3) is 0.611. The van der Waals surface area contributed by atoms with E-state index in [4.69, 9.17) is 14.2 Å². The van der Waals surface area contributed by atoms with Gasteiger partial charge in [-0.05, 0) is 37.0 Å². The lowest BCUT2D eigenvalue weighted by Crippen LogP contribution is -2.39. The normalized spacial score (nSPS) is 19.7. The van der Waals surface area contributed by atoms with E-state index in [9.17, 15) is 4.79 Å². The average Bonchev–Trinajstić information content (AvgIpc) is 3.29. The van der Waals surface area contributed by atoms with E-state index in [0.29, 0.717) is 25.6 Å². The maximum Gasteiger partial charge on any atom is 0.226 e. The van der Waals surface area contributed by atoms with Gasteiger partial charge in [-0.2, -0.15) is 0 Å². The number of amides is 1. The van der Waals surface area contributed by atoms with E-state index in [1.54, 1.807) is 14.2 Å². The van der Waals surface area contributed by atoms with Crippen molar-refractivity contribution in [3.8, 4) is 5.75 Å². The van der Waals surface area contributed by atoms with Gasteiger partial charge in [-0.1, -0.05) is 19.1 Å². The van der Waals surface area contributed by atoms with Crippen molar-refractivity contribution in [2.24, 2.45) is 11.8 Å². The van der Waals surface area contributed by atoms with Crippen molar-refractivity contribution in [3.63, 3.8) is 0 Å². The van der Waals surface area contributed by atoms with Gasteiger partial charge < -0.3 is 19.1 Å². The van der Waals surface area contributed by atoms with Crippen LogP contribution in [-0.4, -0.2) is 44.5 Å². The molecular weight excluding hydrogens is 294 g/mol. The summed E-state index contributed by atoms with van der Waals surface area (Å²) < 4.78 is 16.0. The summed E-state index contributed by atoms with van der Waals surface area (Å²) in [7, 11) is 3.18. The fourth-order valence-corrected chi connectivity index (χ4v) is 2.64. The van der Waals surface area contributed by atoms with Gasteiger partial charge in [0.25, 0.3) is 0 Å². The van der Waals surface area contributed by atoms with Crippen LogP contribution in [0.3, 0.4) is 0 Å². The summed E-state index contributed by atoms with van der Waals surface area (Å²) >= 11 is 0. The van der Waals surface area contributed by atoms with E-state index in [-0.39, 0.29) is 11.8 Å². The quantitative estimate of drug-likeness (QED) is 0.656. The lowest BCUT2D eigenvalue weighted by atomic mass is 10.2. The first-order chi connectivity index (χ1) is 11.1. The van der Waals surface area contributed by atoms with Crippen LogP contribution in [0.25, 0.3) is 0 Å². The minimum atomic E-state index is -0.407. The minimum Gasteiger partial charge on any atom is -0.494 e. The third kappa shape index (κ3) is 4.94. The predicted octanol–water partition coefficient (Wildman–Crippen LogP) is 2.69. The third-order valence-corrected chi connectivity index (χ3v) is 4.24. The number of hydrogen-bond donors (Lipinski definition) is 0. The summed E-state index contributed by atoms with van der Waals surface area (Å²) in [6.45, 7) is 5.70. The smallest absolute Gasteiger partial charge is 0.226 e. The van der Waals surface area contributed by atoms with Gasteiger partial charge in [0, 0.05) is 26.7 Å². The van der Waals surface area contributed by atoms with E-state index in [0.717, 1.165) is 17.7 Å². The number of carbonyl (C=O) groups is 1. The van der Waals surface area contributed by atoms with Crippen molar-refractivity contribution in [2.75, 3.05) is 27.4 Å². The number of methoxy groups -OCH3 is 2. The maximum atomic E-state index is 12.6. The Balaban J connectivity index is 2.05. The Kier molecular flexibility index (Phi) is 6.42. The molecule has 1 aromatic carbocycles. The Morgan fingerprint density at radius 1 is 1.26 bits per heavy atom. The topological polar surface area (TPSA) is 48.0 Å². The van der Waals surface area contributed by atoms with Crippen molar-refractivity contribution in [1.29, 1.82) is 0 Å². The summed E-state index contributed by atoms with van der Waals surface area (Å²) in [5, 5.41) is 0. The molecule has 1 fully saturated rings. The van der Waals surface area contributed by atoms with Crippen molar-refractivity contribution < 1.29 is 19.0 Å². The van der Waals surface area contributed by atoms with Crippen LogP contribution in [-0.2, 0) is 20.8 Å². The number of carbonyl (C=O) groups excluding carboxylic acids is 1. The predicted molar refractivity (Wildman–Crippen MR) is 88.1 cm³/mol. The van der Waals surface area contributed by atoms with E-state index in [1.165, 1.54) is 0 Å². The number of nitrogens with zero attached hydrogens (tertiary/aromatic N) is 1. The molecule has 23 heavy (non-hydrogen) atoms. The molecule has 2 unspecified atom stereocenters. The highest BCUT2D eigenvalue weighted by Crippen LogP contribution is 2.39. The van der Waals surface area contributed by atoms with Crippen LogP contribution in [0.1, 0.15) is 25.8 Å². The first kappa shape index (κ1) is 17.8. The summed E-state index contributed by atoms with van der Waals surface area (Å²) in [6.07, 6.45) is 0.569. The number of rotatable bonds is 9. The number of benzene rings is 1. The van der Waals surface area contributed by atoms with Crippen LogP contribution < -0.4 is 4.74 Å². The zero-order chi connectivity index (χ0) is 16.8. The molecule has 128 valence electrons. The summed E-state index contributed by atoms with van der Waals surface area (Å²) in [4.78, 5) is 14.5. The second-order valence-electron chi connectivity index (χ2n) is 6.02. The Labute approximate surface area is 138 Å². The van der Waals surface area contributed by atoms with Crippen LogP contribution in [0.15, 0.2) is 24.3 Å². The van der Waals surface area contributed by atoms with Crippen LogP contribution in [0.5, 0.6) is 5.75 Å². The number of hydrogen-bond acceptors (Lipinski definition) is 4. The lowest BCUT2D eigenvalue weighted by molar-refractivity contribution is -0.147. The van der Waals surface area contributed by atoms with Gasteiger partial charge in [0.15, 0.2) is 6.29 Å². The minimum absolute atomic E-state index is 0.145. The standard InChI is InChI=1S/C18H27NO4/c1-5-23-15-8-6-14(7-9-15)11-19(12-17(21-3)22-4)18(20)16-10-13(16)2/h6-9,13,16-17H,5,10-12H2,1-4H3. The Hall–Kier alpha value is -1.59. The molecule has 0 aromatic heterocycles. The van der Waals surface area contributed by atoms with E-state index < -0.39 is 6.29 Å². The van der Waals surface area contributed by atoms with Crippen LogP contribution in [0.2, 0.25) is 0 Å². The second-order valence-corrected chi connectivity index (χ2v) is 6.02. The molecule has 2 rings (SSSR count). The highest BCUT2D eigenvalue weighted by atomic mass is 16.7.